The summed E-state index contributed by atoms with van der Waals surface area (Å²) >= 11 is 3.68. The van der Waals surface area contributed by atoms with Gasteiger partial charge in [-0.1, -0.05) is 19.4 Å². The minimum Gasteiger partial charge on any atom is -0.387 e. The number of hydrogen-bond donors (Lipinski definition) is 3. The van der Waals surface area contributed by atoms with E-state index in [1.165, 1.54) is 0 Å². The fraction of sp³-hybridized carbons (Fsp3) is 0.250. The molecule has 8 heavy (non-hydrogen) atoms. The van der Waals surface area contributed by atoms with Gasteiger partial charge >= 0.3 is 0 Å². The highest BCUT2D eigenvalue weighted by Crippen LogP contribution is 1.85. The number of aliphatic imine (C=N–C) groups is 1. The van der Waals surface area contributed by atoms with E-state index in [2.05, 4.69) is 29.1 Å². The predicted molar refractivity (Wildman–Crippen MR) is 38.6 cm³/mol. The largest absolute Gasteiger partial charge is 0.387 e. The minimum atomic E-state index is 0.452. The maximum absolute atomic E-state index is 5.18. The summed E-state index contributed by atoms with van der Waals surface area (Å²) in [7, 11) is 0. The third-order valence-electron chi connectivity index (χ3n) is 0.440. The molecule has 0 saturated carbocycles. The van der Waals surface area contributed by atoms with Crippen LogP contribution in [0.3, 0.4) is 0 Å². The minimum absolute atomic E-state index is 0.452. The van der Waals surface area contributed by atoms with Gasteiger partial charge in [-0.15, -0.1) is 0 Å². The molecule has 46 valence electrons. The summed E-state index contributed by atoms with van der Waals surface area (Å²) in [5.74, 6) is 0.921. The topological polar surface area (TPSA) is 50.4 Å². The van der Waals surface area contributed by atoms with E-state index in [-0.39, 0.29) is 0 Å². The Kier molecular flexibility index (Phi) is 3.10. The van der Waals surface area contributed by atoms with Crippen molar-refractivity contribution in [2.75, 3.05) is 0 Å². The summed E-state index contributed by atoms with van der Waals surface area (Å²) in [5.41, 5.74) is 5.18. The summed E-state index contributed by atoms with van der Waals surface area (Å²) < 4.78 is 2.43. The molecule has 0 bridgehead atoms. The summed E-state index contributed by atoms with van der Waals surface area (Å²) in [6.07, 6.45) is 0. The van der Waals surface area contributed by atoms with Gasteiger partial charge in [0.1, 0.15) is 5.82 Å². The third kappa shape index (κ3) is 3.55. The van der Waals surface area contributed by atoms with Crippen molar-refractivity contribution < 1.29 is 0 Å². The molecule has 0 fully saturated rings. The molecule has 0 heterocycles. The smallest absolute Gasteiger partial charge is 0.130 e. The lowest BCUT2D eigenvalue weighted by atomic mass is 10.7. The number of thiol groups is 1. The van der Waals surface area contributed by atoms with Crippen LogP contribution < -0.4 is 10.5 Å². The van der Waals surface area contributed by atoms with Gasteiger partial charge in [-0.25, -0.2) is 4.99 Å². The fourth-order valence-electron chi connectivity index (χ4n) is 0.238. The number of hydrogen-bond acceptors (Lipinski definition) is 3. The highest BCUT2D eigenvalue weighted by atomic mass is 32.1. The van der Waals surface area contributed by atoms with E-state index in [4.69, 9.17) is 5.73 Å². The molecular formula is C4H9N3S. The van der Waals surface area contributed by atoms with E-state index >= 15 is 0 Å². The molecule has 3 N–H and O–H groups in total. The van der Waals surface area contributed by atoms with Crippen LogP contribution in [0, 0.1) is 0 Å². The number of amidine groups is 1. The van der Waals surface area contributed by atoms with E-state index in [9.17, 15) is 0 Å². The van der Waals surface area contributed by atoms with Gasteiger partial charge in [0, 0.05) is 0 Å². The zero-order valence-electron chi connectivity index (χ0n) is 4.68. The normalized spacial score (nSPS) is 11.0. The summed E-state index contributed by atoms with van der Waals surface area (Å²) in [6, 6.07) is 0. The fourth-order valence-corrected chi connectivity index (χ4v) is 0.288. The molecule has 0 aromatic rings. The summed E-state index contributed by atoms with van der Waals surface area (Å²) in [5, 5.41) is 0. The van der Waals surface area contributed by atoms with Gasteiger partial charge in [0.05, 0.1) is 5.84 Å². The maximum Gasteiger partial charge on any atom is 0.130 e. The second-order valence-electron chi connectivity index (χ2n) is 1.31. The van der Waals surface area contributed by atoms with Crippen molar-refractivity contribution in [3.05, 3.63) is 12.4 Å². The molecule has 0 amide bonds. The van der Waals surface area contributed by atoms with E-state index in [1.54, 1.807) is 6.92 Å². The highest BCUT2D eigenvalue weighted by molar-refractivity contribution is 7.78. The van der Waals surface area contributed by atoms with Gasteiger partial charge in [-0.05, 0) is 6.92 Å². The lowest BCUT2D eigenvalue weighted by molar-refractivity contribution is 1.16. The van der Waals surface area contributed by atoms with Gasteiger partial charge in [-0.2, -0.15) is 0 Å². The lowest BCUT2D eigenvalue weighted by Crippen LogP contribution is -2.07. The quantitative estimate of drug-likeness (QED) is 0.286. The Bertz CT molecular complexity index is 114. The Morgan fingerprint density at radius 2 is 2.38 bits per heavy atom. The van der Waals surface area contributed by atoms with Crippen LogP contribution >= 0.6 is 12.8 Å². The highest BCUT2D eigenvalue weighted by Gasteiger charge is 1.80. The molecule has 4 heteroatoms. The first-order chi connectivity index (χ1) is 3.66. The zero-order valence-corrected chi connectivity index (χ0v) is 5.57. The zero-order chi connectivity index (χ0) is 6.57. The second kappa shape index (κ2) is 3.37. The molecule has 0 rings (SSSR count). The molecule has 0 aromatic carbocycles. The van der Waals surface area contributed by atoms with Gasteiger partial charge < -0.3 is 10.5 Å². The number of nitrogens with zero attached hydrogens (tertiary/aromatic N) is 1. The Morgan fingerprint density at radius 1 is 1.88 bits per heavy atom. The van der Waals surface area contributed by atoms with Crippen molar-refractivity contribution in [3.8, 4) is 0 Å². The number of rotatable bonds is 2. The molecule has 0 radical (unpaired) electrons. The molecule has 0 saturated heterocycles. The van der Waals surface area contributed by atoms with Crippen molar-refractivity contribution in [3.63, 3.8) is 0 Å². The van der Waals surface area contributed by atoms with Crippen molar-refractivity contribution in [1.82, 2.24) is 4.72 Å². The van der Waals surface area contributed by atoms with Crippen LogP contribution in [0.1, 0.15) is 6.92 Å². The van der Waals surface area contributed by atoms with Crippen molar-refractivity contribution in [2.45, 2.75) is 6.92 Å². The van der Waals surface area contributed by atoms with Crippen LogP contribution in [0.2, 0.25) is 0 Å². The molecule has 0 aliphatic heterocycles. The molecule has 0 unspecified atom stereocenters. The second-order valence-corrected chi connectivity index (χ2v) is 1.54. The monoisotopic (exact) mass is 131 g/mol. The molecule has 0 aliphatic rings. The van der Waals surface area contributed by atoms with Gasteiger partial charge in [0.2, 0.25) is 0 Å². The standard InChI is InChI=1S/C4H9N3S/c1-3(5)6-4(2)7-8/h7-8H,2H2,1H3,(H2,5,6). The van der Waals surface area contributed by atoms with E-state index < -0.39 is 0 Å². The number of nitrogens with one attached hydrogen (secondary N) is 1. The Balaban J connectivity index is 3.70. The van der Waals surface area contributed by atoms with Crippen LogP contribution in [-0.2, 0) is 0 Å². The average Bonchev–Trinajstić information content (AvgIpc) is 1.65. The predicted octanol–water partition coefficient (Wildman–Crippen LogP) is 0.269. The van der Waals surface area contributed by atoms with Crippen LogP contribution in [0.25, 0.3) is 0 Å². The maximum atomic E-state index is 5.18. The van der Waals surface area contributed by atoms with Crippen molar-refractivity contribution in [2.24, 2.45) is 10.7 Å². The van der Waals surface area contributed by atoms with Crippen molar-refractivity contribution >= 4 is 18.7 Å². The number of nitrogens with two attached hydrogens (primary N) is 1. The van der Waals surface area contributed by atoms with E-state index in [0.29, 0.717) is 11.7 Å². The Hall–Kier alpha value is -0.640. The summed E-state index contributed by atoms with van der Waals surface area (Å²) in [6.45, 7) is 5.14. The van der Waals surface area contributed by atoms with Crippen molar-refractivity contribution in [1.29, 1.82) is 0 Å². The van der Waals surface area contributed by atoms with Gasteiger partial charge in [0.15, 0.2) is 0 Å². The molecule has 0 aromatic heterocycles. The molecule has 0 aliphatic carbocycles. The summed E-state index contributed by atoms with van der Waals surface area (Å²) in [4.78, 5) is 3.71. The first-order valence-corrected chi connectivity index (χ1v) is 2.51. The van der Waals surface area contributed by atoms with Crippen LogP contribution in [0.5, 0.6) is 0 Å². The van der Waals surface area contributed by atoms with Crippen LogP contribution in [-0.4, -0.2) is 5.84 Å². The average molecular weight is 131 g/mol. The lowest BCUT2D eigenvalue weighted by Gasteiger charge is -1.93. The van der Waals surface area contributed by atoms with E-state index in [0.717, 1.165) is 0 Å². The molecular weight excluding hydrogens is 122 g/mol. The third-order valence-corrected chi connectivity index (χ3v) is 0.698. The molecule has 0 spiro atoms. The SMILES string of the molecule is C=C(/N=C(\C)N)NS. The molecule has 0 atom stereocenters. The van der Waals surface area contributed by atoms with Gasteiger partial charge in [0.25, 0.3) is 0 Å². The van der Waals surface area contributed by atoms with Crippen LogP contribution in [0.4, 0.5) is 0 Å². The Labute approximate surface area is 54.2 Å². The van der Waals surface area contributed by atoms with E-state index in [1.807, 2.05) is 0 Å². The first-order valence-electron chi connectivity index (χ1n) is 2.06. The first kappa shape index (κ1) is 7.36. The van der Waals surface area contributed by atoms with Crippen LogP contribution in [0.15, 0.2) is 17.4 Å². The van der Waals surface area contributed by atoms with Gasteiger partial charge in [-0.3, -0.25) is 0 Å². The molecule has 3 nitrogen and oxygen atoms in total. The Morgan fingerprint density at radius 3 is 2.50 bits per heavy atom.